The summed E-state index contributed by atoms with van der Waals surface area (Å²) >= 11 is 0.938. The Morgan fingerprint density at radius 2 is 1.81 bits per heavy atom. The minimum atomic E-state index is -4.44. The predicted molar refractivity (Wildman–Crippen MR) is 98.6 cm³/mol. The van der Waals surface area contributed by atoms with Crippen molar-refractivity contribution in [1.29, 1.82) is 0 Å². The summed E-state index contributed by atoms with van der Waals surface area (Å²) in [6, 6.07) is 7.13. The van der Waals surface area contributed by atoms with Crippen LogP contribution in [0, 0.1) is 0 Å². The molecule has 0 aliphatic heterocycles. The van der Waals surface area contributed by atoms with Crippen molar-refractivity contribution < 1.29 is 18.0 Å². The van der Waals surface area contributed by atoms with Crippen molar-refractivity contribution in [2.24, 2.45) is 4.99 Å². The Morgan fingerprint density at radius 1 is 1.19 bits per heavy atom. The molecule has 1 heterocycles. The van der Waals surface area contributed by atoms with Crippen LogP contribution in [0.15, 0.2) is 34.6 Å². The summed E-state index contributed by atoms with van der Waals surface area (Å²) in [6.07, 6.45) is -4.44. The van der Waals surface area contributed by atoms with Crippen LogP contribution in [0.4, 0.5) is 13.2 Å². The smallest absolute Gasteiger partial charge is 0.352 e. The molecule has 0 radical (unpaired) electrons. The Balaban J connectivity index is 1.87. The van der Waals surface area contributed by atoms with E-state index in [0.717, 1.165) is 22.3 Å². The maximum atomic E-state index is 12.6. The molecule has 0 aliphatic rings. The number of aliphatic imine (C=N–C) groups is 1. The van der Waals surface area contributed by atoms with Crippen LogP contribution in [0.3, 0.4) is 0 Å². The molecule has 1 aromatic heterocycles. The number of rotatable bonds is 5. The average Bonchev–Trinajstić information content (AvgIpc) is 3.11. The van der Waals surface area contributed by atoms with Crippen LogP contribution in [0.5, 0.6) is 0 Å². The number of aromatic nitrogens is 1. The molecular weight excluding hydrogens is 379 g/mol. The zero-order valence-electron chi connectivity index (χ0n) is 15.1. The number of nitrogens with zero attached hydrogens (tertiary/aromatic N) is 3. The molecule has 0 bridgehead atoms. The number of halogens is 3. The summed E-state index contributed by atoms with van der Waals surface area (Å²) in [4.78, 5) is 20.9. The number of thiazole rings is 1. The molecule has 2 rings (SSSR count). The molecule has 27 heavy (non-hydrogen) atoms. The van der Waals surface area contributed by atoms with Crippen LogP contribution in [-0.2, 0) is 19.3 Å². The van der Waals surface area contributed by atoms with Crippen LogP contribution in [-0.4, -0.2) is 42.9 Å². The summed E-state index contributed by atoms with van der Waals surface area (Å²) in [7, 11) is 4.94. The normalized spacial score (nSPS) is 12.0. The highest BCUT2D eigenvalue weighted by atomic mass is 32.1. The van der Waals surface area contributed by atoms with Gasteiger partial charge in [-0.2, -0.15) is 13.2 Å². The van der Waals surface area contributed by atoms with Crippen LogP contribution in [0.2, 0.25) is 0 Å². The maximum Gasteiger partial charge on any atom is 0.434 e. The van der Waals surface area contributed by atoms with Crippen molar-refractivity contribution in [3.05, 3.63) is 51.5 Å². The number of benzene rings is 1. The Bertz CT molecular complexity index is 800. The third-order valence-corrected chi connectivity index (χ3v) is 4.39. The predicted octanol–water partition coefficient (Wildman–Crippen LogP) is 2.73. The number of alkyl halides is 3. The van der Waals surface area contributed by atoms with Crippen molar-refractivity contribution in [3.8, 4) is 0 Å². The van der Waals surface area contributed by atoms with Gasteiger partial charge in [0, 0.05) is 38.6 Å². The molecule has 0 saturated heterocycles. The van der Waals surface area contributed by atoms with E-state index in [2.05, 4.69) is 20.6 Å². The van der Waals surface area contributed by atoms with E-state index < -0.39 is 11.9 Å². The minimum Gasteiger partial charge on any atom is -0.352 e. The number of guanidine groups is 1. The standard InChI is InChI=1S/C17H20F3N5OS/c1-21-16(23-9-14-24-13(10-27-14)17(18,19)20)22-8-11-4-6-12(7-5-11)15(26)25(2)3/h4-7,10H,8-9H2,1-3H3,(H2,21,22,23). The maximum absolute atomic E-state index is 12.6. The van der Waals surface area contributed by atoms with Crippen LogP contribution < -0.4 is 10.6 Å². The second kappa shape index (κ2) is 8.85. The third kappa shape index (κ3) is 5.95. The van der Waals surface area contributed by atoms with E-state index in [-0.39, 0.29) is 12.5 Å². The summed E-state index contributed by atoms with van der Waals surface area (Å²) in [5.74, 6) is 0.362. The SMILES string of the molecule is CN=C(NCc1ccc(C(=O)N(C)C)cc1)NCc1nc(C(F)(F)F)cs1. The molecular formula is C17H20F3N5OS. The second-order valence-electron chi connectivity index (χ2n) is 5.80. The van der Waals surface area contributed by atoms with Gasteiger partial charge >= 0.3 is 6.18 Å². The van der Waals surface area contributed by atoms with E-state index >= 15 is 0 Å². The highest BCUT2D eigenvalue weighted by Crippen LogP contribution is 2.29. The molecule has 0 saturated carbocycles. The van der Waals surface area contributed by atoms with Crippen molar-refractivity contribution in [1.82, 2.24) is 20.5 Å². The lowest BCUT2D eigenvalue weighted by molar-refractivity contribution is -0.140. The van der Waals surface area contributed by atoms with E-state index in [1.165, 1.54) is 4.90 Å². The number of carbonyl (C=O) groups is 1. The molecule has 0 atom stereocenters. The number of nitrogens with one attached hydrogen (secondary N) is 2. The number of amides is 1. The molecule has 146 valence electrons. The Labute approximate surface area is 159 Å². The molecule has 0 fully saturated rings. The molecule has 0 unspecified atom stereocenters. The Hall–Kier alpha value is -2.62. The first-order valence-corrected chi connectivity index (χ1v) is 8.85. The van der Waals surface area contributed by atoms with Gasteiger partial charge in [0.2, 0.25) is 0 Å². The topological polar surface area (TPSA) is 69.6 Å². The summed E-state index contributed by atoms with van der Waals surface area (Å²) < 4.78 is 37.7. The lowest BCUT2D eigenvalue weighted by Crippen LogP contribution is -2.36. The first-order chi connectivity index (χ1) is 12.7. The van der Waals surface area contributed by atoms with Gasteiger partial charge in [-0.15, -0.1) is 11.3 Å². The number of hydrogen-bond donors (Lipinski definition) is 2. The van der Waals surface area contributed by atoms with E-state index in [0.29, 0.717) is 23.1 Å². The molecule has 1 amide bonds. The average molecular weight is 399 g/mol. The van der Waals surface area contributed by atoms with Crippen LogP contribution in [0.25, 0.3) is 0 Å². The molecule has 6 nitrogen and oxygen atoms in total. The first-order valence-electron chi connectivity index (χ1n) is 7.97. The van der Waals surface area contributed by atoms with Gasteiger partial charge in [0.25, 0.3) is 5.91 Å². The van der Waals surface area contributed by atoms with Crippen LogP contribution in [0.1, 0.15) is 26.6 Å². The molecule has 2 aromatic rings. The molecule has 10 heteroatoms. The van der Waals surface area contributed by atoms with E-state index in [1.54, 1.807) is 33.3 Å². The highest BCUT2D eigenvalue weighted by Gasteiger charge is 2.33. The Morgan fingerprint density at radius 3 is 2.33 bits per heavy atom. The first kappa shape index (κ1) is 20.7. The third-order valence-electron chi connectivity index (χ3n) is 3.54. The second-order valence-corrected chi connectivity index (χ2v) is 6.74. The lowest BCUT2D eigenvalue weighted by atomic mass is 10.1. The zero-order valence-corrected chi connectivity index (χ0v) is 15.9. The van der Waals surface area contributed by atoms with E-state index in [4.69, 9.17) is 0 Å². The summed E-state index contributed by atoms with van der Waals surface area (Å²) in [5, 5.41) is 7.29. The largest absolute Gasteiger partial charge is 0.434 e. The van der Waals surface area contributed by atoms with Gasteiger partial charge in [-0.1, -0.05) is 12.1 Å². The fraction of sp³-hybridized carbons (Fsp3) is 0.353. The van der Waals surface area contributed by atoms with Crippen molar-refractivity contribution in [3.63, 3.8) is 0 Å². The molecule has 2 N–H and O–H groups in total. The number of carbonyl (C=O) groups excluding carboxylic acids is 1. The van der Waals surface area contributed by atoms with Gasteiger partial charge < -0.3 is 15.5 Å². The zero-order chi connectivity index (χ0) is 20.0. The molecule has 0 spiro atoms. The fourth-order valence-electron chi connectivity index (χ4n) is 2.11. The minimum absolute atomic E-state index is 0.0753. The monoisotopic (exact) mass is 399 g/mol. The molecule has 0 aliphatic carbocycles. The summed E-state index contributed by atoms with van der Waals surface area (Å²) in [6.45, 7) is 0.582. The van der Waals surface area contributed by atoms with Gasteiger partial charge in [-0.3, -0.25) is 9.79 Å². The molecule has 1 aromatic carbocycles. The lowest BCUT2D eigenvalue weighted by Gasteiger charge is -2.12. The summed E-state index contributed by atoms with van der Waals surface area (Å²) in [5.41, 5.74) is 0.636. The highest BCUT2D eigenvalue weighted by molar-refractivity contribution is 7.09. The van der Waals surface area contributed by atoms with E-state index in [9.17, 15) is 18.0 Å². The number of hydrogen-bond acceptors (Lipinski definition) is 4. The Kier molecular flexibility index (Phi) is 6.78. The quantitative estimate of drug-likeness (QED) is 0.599. The van der Waals surface area contributed by atoms with Gasteiger partial charge in [0.05, 0.1) is 6.54 Å². The fourth-order valence-corrected chi connectivity index (χ4v) is 2.85. The van der Waals surface area contributed by atoms with Crippen molar-refractivity contribution in [2.75, 3.05) is 21.1 Å². The van der Waals surface area contributed by atoms with Gasteiger partial charge in [-0.25, -0.2) is 4.98 Å². The van der Waals surface area contributed by atoms with Gasteiger partial charge in [-0.05, 0) is 17.7 Å². The van der Waals surface area contributed by atoms with E-state index in [1.807, 2.05) is 12.1 Å². The van der Waals surface area contributed by atoms with Crippen molar-refractivity contribution >= 4 is 23.2 Å². The van der Waals surface area contributed by atoms with Gasteiger partial charge in [0.1, 0.15) is 5.01 Å². The van der Waals surface area contributed by atoms with Crippen LogP contribution >= 0.6 is 11.3 Å². The van der Waals surface area contributed by atoms with Gasteiger partial charge in [0.15, 0.2) is 11.7 Å². The van der Waals surface area contributed by atoms with Crippen molar-refractivity contribution in [2.45, 2.75) is 19.3 Å².